The van der Waals surface area contributed by atoms with Crippen LogP contribution in [0.4, 0.5) is 10.5 Å². The molecule has 5 heteroatoms. The minimum Gasteiger partial charge on any atom is -0.379 e. The summed E-state index contributed by atoms with van der Waals surface area (Å²) in [6.45, 7) is 8.29. The van der Waals surface area contributed by atoms with E-state index in [1.807, 2.05) is 43.3 Å². The van der Waals surface area contributed by atoms with Gasteiger partial charge in [0.1, 0.15) is 0 Å². The van der Waals surface area contributed by atoms with Crippen molar-refractivity contribution in [2.24, 2.45) is 0 Å². The number of nitrogens with zero attached hydrogens (tertiary/aromatic N) is 1. The van der Waals surface area contributed by atoms with E-state index in [2.05, 4.69) is 34.6 Å². The van der Waals surface area contributed by atoms with E-state index in [1.54, 1.807) is 0 Å². The molecule has 26 heavy (non-hydrogen) atoms. The molecule has 0 saturated carbocycles. The van der Waals surface area contributed by atoms with E-state index in [9.17, 15) is 4.79 Å². The summed E-state index contributed by atoms with van der Waals surface area (Å²) in [6, 6.07) is 16.4. The van der Waals surface area contributed by atoms with E-state index < -0.39 is 0 Å². The van der Waals surface area contributed by atoms with Crippen molar-refractivity contribution in [3.63, 3.8) is 0 Å². The summed E-state index contributed by atoms with van der Waals surface area (Å²) in [5.74, 6) is 0. The molecular weight excluding hydrogens is 326 g/mol. The Balaban J connectivity index is 1.50. The molecule has 2 N–H and O–H groups in total. The highest BCUT2D eigenvalue weighted by Crippen LogP contribution is 2.22. The van der Waals surface area contributed by atoms with Crippen LogP contribution in [0.25, 0.3) is 0 Å². The SMILES string of the molecule is Cc1ccc(CNC(=O)Nc2ccc(C(C)N3CCOCC3)cc2)cc1. The van der Waals surface area contributed by atoms with Crippen LogP contribution >= 0.6 is 0 Å². The van der Waals surface area contributed by atoms with Gasteiger partial charge in [0.25, 0.3) is 0 Å². The van der Waals surface area contributed by atoms with Crippen LogP contribution in [0.3, 0.4) is 0 Å². The maximum Gasteiger partial charge on any atom is 0.319 e. The Morgan fingerprint density at radius 2 is 1.73 bits per heavy atom. The van der Waals surface area contributed by atoms with E-state index >= 15 is 0 Å². The van der Waals surface area contributed by atoms with Crippen molar-refractivity contribution >= 4 is 11.7 Å². The molecule has 0 aromatic heterocycles. The molecule has 2 aromatic rings. The third kappa shape index (κ3) is 5.07. The quantitative estimate of drug-likeness (QED) is 0.862. The van der Waals surface area contributed by atoms with Crippen LogP contribution in [-0.2, 0) is 11.3 Å². The van der Waals surface area contributed by atoms with Gasteiger partial charge < -0.3 is 15.4 Å². The van der Waals surface area contributed by atoms with E-state index in [0.717, 1.165) is 37.6 Å². The number of ether oxygens (including phenoxy) is 1. The fourth-order valence-corrected chi connectivity index (χ4v) is 3.08. The first-order valence-electron chi connectivity index (χ1n) is 9.14. The van der Waals surface area contributed by atoms with Crippen LogP contribution in [0.2, 0.25) is 0 Å². The summed E-state index contributed by atoms with van der Waals surface area (Å²) in [6.07, 6.45) is 0. The lowest BCUT2D eigenvalue weighted by Crippen LogP contribution is -2.38. The number of rotatable bonds is 5. The highest BCUT2D eigenvalue weighted by molar-refractivity contribution is 5.89. The minimum atomic E-state index is -0.195. The summed E-state index contributed by atoms with van der Waals surface area (Å²) < 4.78 is 5.41. The summed E-state index contributed by atoms with van der Waals surface area (Å²) in [4.78, 5) is 14.5. The Morgan fingerprint density at radius 1 is 1.08 bits per heavy atom. The first-order valence-corrected chi connectivity index (χ1v) is 9.14. The average molecular weight is 353 g/mol. The van der Waals surface area contributed by atoms with Crippen molar-refractivity contribution in [3.05, 3.63) is 65.2 Å². The summed E-state index contributed by atoms with van der Waals surface area (Å²) in [5.41, 5.74) is 4.34. The highest BCUT2D eigenvalue weighted by atomic mass is 16.5. The highest BCUT2D eigenvalue weighted by Gasteiger charge is 2.18. The molecule has 3 rings (SSSR count). The fraction of sp³-hybridized carbons (Fsp3) is 0.381. The molecule has 0 radical (unpaired) electrons. The number of nitrogens with one attached hydrogen (secondary N) is 2. The molecule has 5 nitrogen and oxygen atoms in total. The Bertz CT molecular complexity index is 707. The lowest BCUT2D eigenvalue weighted by molar-refractivity contribution is 0.0198. The van der Waals surface area contributed by atoms with Crippen LogP contribution in [0, 0.1) is 6.92 Å². The Morgan fingerprint density at radius 3 is 2.38 bits per heavy atom. The molecule has 0 aliphatic carbocycles. The fourth-order valence-electron chi connectivity index (χ4n) is 3.08. The van der Waals surface area contributed by atoms with Crippen molar-refractivity contribution in [3.8, 4) is 0 Å². The van der Waals surface area contributed by atoms with Crippen LogP contribution in [0.5, 0.6) is 0 Å². The number of anilines is 1. The van der Waals surface area contributed by atoms with Crippen molar-refractivity contribution < 1.29 is 9.53 Å². The molecule has 138 valence electrons. The van der Waals surface area contributed by atoms with E-state index in [1.165, 1.54) is 11.1 Å². The number of morpholine rings is 1. The van der Waals surface area contributed by atoms with Crippen LogP contribution < -0.4 is 10.6 Å². The maximum absolute atomic E-state index is 12.1. The number of hydrogen-bond acceptors (Lipinski definition) is 3. The molecule has 1 aliphatic rings. The van der Waals surface area contributed by atoms with Gasteiger partial charge in [-0.05, 0) is 37.1 Å². The van der Waals surface area contributed by atoms with Gasteiger partial charge in [-0.15, -0.1) is 0 Å². The molecule has 1 aliphatic heterocycles. The second-order valence-electron chi connectivity index (χ2n) is 6.74. The van der Waals surface area contributed by atoms with Gasteiger partial charge in [0, 0.05) is 31.4 Å². The van der Waals surface area contributed by atoms with Gasteiger partial charge in [-0.2, -0.15) is 0 Å². The predicted molar refractivity (Wildman–Crippen MR) is 104 cm³/mol. The zero-order valence-corrected chi connectivity index (χ0v) is 15.5. The Kier molecular flexibility index (Phi) is 6.26. The van der Waals surface area contributed by atoms with Gasteiger partial charge in [0.05, 0.1) is 13.2 Å². The zero-order chi connectivity index (χ0) is 18.4. The van der Waals surface area contributed by atoms with Gasteiger partial charge in [-0.3, -0.25) is 4.90 Å². The Hall–Kier alpha value is -2.37. The van der Waals surface area contributed by atoms with Crippen molar-refractivity contribution in [1.29, 1.82) is 0 Å². The van der Waals surface area contributed by atoms with E-state index in [-0.39, 0.29) is 6.03 Å². The molecule has 1 atom stereocenters. The molecule has 0 spiro atoms. The minimum absolute atomic E-state index is 0.195. The first-order chi connectivity index (χ1) is 12.6. The molecule has 1 fully saturated rings. The number of carbonyl (C=O) groups excluding carboxylic acids is 1. The number of hydrogen-bond donors (Lipinski definition) is 2. The maximum atomic E-state index is 12.1. The summed E-state index contributed by atoms with van der Waals surface area (Å²) in [7, 11) is 0. The van der Waals surface area contributed by atoms with Crippen LogP contribution in [0.15, 0.2) is 48.5 Å². The third-order valence-electron chi connectivity index (χ3n) is 4.82. The van der Waals surface area contributed by atoms with Crippen LogP contribution in [-0.4, -0.2) is 37.2 Å². The van der Waals surface area contributed by atoms with Gasteiger partial charge in [0.15, 0.2) is 0 Å². The monoisotopic (exact) mass is 353 g/mol. The Labute approximate surface area is 155 Å². The number of urea groups is 1. The topological polar surface area (TPSA) is 53.6 Å². The van der Waals surface area contributed by atoms with Gasteiger partial charge in [-0.1, -0.05) is 42.0 Å². The summed E-state index contributed by atoms with van der Waals surface area (Å²) in [5, 5.41) is 5.77. The van der Waals surface area contributed by atoms with Gasteiger partial charge in [-0.25, -0.2) is 4.79 Å². The summed E-state index contributed by atoms with van der Waals surface area (Å²) >= 11 is 0. The largest absolute Gasteiger partial charge is 0.379 e. The first kappa shape index (κ1) is 18.4. The molecular formula is C21H27N3O2. The van der Waals surface area contributed by atoms with E-state index in [4.69, 9.17) is 4.74 Å². The van der Waals surface area contributed by atoms with Crippen molar-refractivity contribution in [2.75, 3.05) is 31.6 Å². The standard InChI is InChI=1S/C21H27N3O2/c1-16-3-5-18(6-4-16)15-22-21(25)23-20-9-7-19(8-10-20)17(2)24-11-13-26-14-12-24/h3-10,17H,11-15H2,1-2H3,(H2,22,23,25). The molecule has 2 amide bonds. The number of benzene rings is 2. The lowest BCUT2D eigenvalue weighted by Gasteiger charge is -2.32. The zero-order valence-electron chi connectivity index (χ0n) is 15.5. The molecule has 2 aromatic carbocycles. The molecule has 1 heterocycles. The average Bonchev–Trinajstić information content (AvgIpc) is 2.68. The molecule has 1 unspecified atom stereocenters. The van der Waals surface area contributed by atoms with Crippen molar-refractivity contribution in [1.82, 2.24) is 10.2 Å². The number of carbonyl (C=O) groups is 1. The van der Waals surface area contributed by atoms with Gasteiger partial charge >= 0.3 is 6.03 Å². The predicted octanol–water partition coefficient (Wildman–Crippen LogP) is 3.71. The molecule has 1 saturated heterocycles. The van der Waals surface area contributed by atoms with Crippen molar-refractivity contribution in [2.45, 2.75) is 26.4 Å². The number of aryl methyl sites for hydroxylation is 1. The second-order valence-corrected chi connectivity index (χ2v) is 6.74. The smallest absolute Gasteiger partial charge is 0.319 e. The lowest BCUT2D eigenvalue weighted by atomic mass is 10.1. The molecule has 0 bridgehead atoms. The normalized spacial score (nSPS) is 16.1. The van der Waals surface area contributed by atoms with Crippen LogP contribution in [0.1, 0.15) is 29.7 Å². The second kappa shape index (κ2) is 8.83. The third-order valence-corrected chi connectivity index (χ3v) is 4.82. The van der Waals surface area contributed by atoms with E-state index in [0.29, 0.717) is 12.6 Å². The number of amides is 2. The van der Waals surface area contributed by atoms with Gasteiger partial charge in [0.2, 0.25) is 0 Å².